The van der Waals surface area contributed by atoms with Crippen molar-refractivity contribution in [3.63, 3.8) is 0 Å². The van der Waals surface area contributed by atoms with Gasteiger partial charge in [-0.3, -0.25) is 4.79 Å². The van der Waals surface area contributed by atoms with Gasteiger partial charge in [-0.1, -0.05) is 61.8 Å². The van der Waals surface area contributed by atoms with Crippen LogP contribution in [0.5, 0.6) is 5.75 Å². The minimum absolute atomic E-state index is 0.0336. The normalized spacial score (nSPS) is 11.6. The first-order valence-corrected chi connectivity index (χ1v) is 10.6. The number of amides is 1. The third-order valence-corrected chi connectivity index (χ3v) is 5.08. The number of carbonyl (C=O) groups excluding carboxylic acids is 1. The first-order chi connectivity index (χ1) is 14.6. The number of hydrogen-bond acceptors (Lipinski definition) is 5. The zero-order valence-electron chi connectivity index (χ0n) is 19.2. The van der Waals surface area contributed by atoms with Crippen LogP contribution < -0.4 is 4.74 Å². The Bertz CT molecular complexity index is 1020. The number of nitrogens with zero attached hydrogens (tertiary/aromatic N) is 3. The van der Waals surface area contributed by atoms with Crippen molar-refractivity contribution in [2.75, 3.05) is 6.61 Å². The molecule has 0 aliphatic heterocycles. The van der Waals surface area contributed by atoms with Crippen molar-refractivity contribution in [2.24, 2.45) is 0 Å². The van der Waals surface area contributed by atoms with Crippen molar-refractivity contribution in [1.29, 1.82) is 0 Å². The van der Waals surface area contributed by atoms with E-state index in [2.05, 4.69) is 30.9 Å². The molecule has 0 fully saturated rings. The molecule has 0 saturated heterocycles. The van der Waals surface area contributed by atoms with Crippen molar-refractivity contribution < 1.29 is 14.1 Å². The number of aromatic nitrogens is 2. The lowest BCUT2D eigenvalue weighted by atomic mass is 9.87. The van der Waals surface area contributed by atoms with Crippen molar-refractivity contribution >= 4 is 5.91 Å². The first kappa shape index (κ1) is 22.5. The summed E-state index contributed by atoms with van der Waals surface area (Å²) in [5.74, 6) is 1.45. The maximum Gasteiger partial charge on any atom is 0.261 e. The van der Waals surface area contributed by atoms with Crippen LogP contribution in [-0.4, -0.2) is 33.6 Å². The molecular formula is C25H31N3O3. The SMILES string of the molecule is Cc1cccc(-c2noc(CN(C(=O)COc3ccc(C(C)(C)C)cc3)C(C)C)n2)c1. The summed E-state index contributed by atoms with van der Waals surface area (Å²) in [7, 11) is 0. The van der Waals surface area contributed by atoms with Gasteiger partial charge in [-0.25, -0.2) is 0 Å². The van der Waals surface area contributed by atoms with E-state index in [0.29, 0.717) is 17.5 Å². The summed E-state index contributed by atoms with van der Waals surface area (Å²) in [6.07, 6.45) is 0. The van der Waals surface area contributed by atoms with E-state index >= 15 is 0 Å². The molecule has 0 bridgehead atoms. The summed E-state index contributed by atoms with van der Waals surface area (Å²) in [5.41, 5.74) is 3.30. The van der Waals surface area contributed by atoms with E-state index < -0.39 is 0 Å². The molecule has 0 aliphatic carbocycles. The number of carbonyl (C=O) groups is 1. The van der Waals surface area contributed by atoms with E-state index in [1.165, 1.54) is 5.56 Å². The minimum Gasteiger partial charge on any atom is -0.484 e. The van der Waals surface area contributed by atoms with Gasteiger partial charge >= 0.3 is 0 Å². The van der Waals surface area contributed by atoms with Gasteiger partial charge in [-0.15, -0.1) is 0 Å². The third kappa shape index (κ3) is 5.94. The van der Waals surface area contributed by atoms with Crippen LogP contribution in [0.15, 0.2) is 53.1 Å². The fourth-order valence-corrected chi connectivity index (χ4v) is 3.20. The van der Waals surface area contributed by atoms with Crippen LogP contribution in [0.25, 0.3) is 11.4 Å². The molecule has 0 unspecified atom stereocenters. The van der Waals surface area contributed by atoms with Gasteiger partial charge in [0, 0.05) is 11.6 Å². The highest BCUT2D eigenvalue weighted by molar-refractivity contribution is 5.78. The molecule has 0 atom stereocenters. The molecule has 3 rings (SSSR count). The van der Waals surface area contributed by atoms with Crippen LogP contribution in [0, 0.1) is 6.92 Å². The molecule has 1 amide bonds. The standard InChI is InChI=1S/C25H31N3O3/c1-17(2)28(15-22-26-24(27-31-22)19-9-7-8-18(3)14-19)23(29)16-30-21-12-10-20(11-13-21)25(4,5)6/h7-14,17H,15-16H2,1-6H3. The van der Waals surface area contributed by atoms with Gasteiger partial charge in [0.05, 0.1) is 0 Å². The number of benzene rings is 2. The Labute approximate surface area is 184 Å². The van der Waals surface area contributed by atoms with Crippen LogP contribution in [0.1, 0.15) is 51.6 Å². The summed E-state index contributed by atoms with van der Waals surface area (Å²) in [6, 6.07) is 15.7. The Kier molecular flexibility index (Phi) is 6.78. The average molecular weight is 422 g/mol. The summed E-state index contributed by atoms with van der Waals surface area (Å²) < 4.78 is 11.1. The molecule has 6 nitrogen and oxygen atoms in total. The highest BCUT2D eigenvalue weighted by Gasteiger charge is 2.21. The van der Waals surface area contributed by atoms with Gasteiger partial charge in [-0.05, 0) is 49.9 Å². The van der Waals surface area contributed by atoms with Crippen LogP contribution >= 0.6 is 0 Å². The highest BCUT2D eigenvalue weighted by Crippen LogP contribution is 2.24. The predicted octanol–water partition coefficient (Wildman–Crippen LogP) is 5.16. The maximum atomic E-state index is 12.8. The lowest BCUT2D eigenvalue weighted by Gasteiger charge is -2.25. The van der Waals surface area contributed by atoms with Crippen molar-refractivity contribution in [1.82, 2.24) is 15.0 Å². The van der Waals surface area contributed by atoms with Crippen LogP contribution in [0.2, 0.25) is 0 Å². The van der Waals surface area contributed by atoms with Gasteiger partial charge < -0.3 is 14.2 Å². The zero-order chi connectivity index (χ0) is 22.6. The lowest BCUT2D eigenvalue weighted by Crippen LogP contribution is -2.39. The number of hydrogen-bond donors (Lipinski definition) is 0. The van der Waals surface area contributed by atoms with Crippen molar-refractivity contribution in [2.45, 2.75) is 59.5 Å². The first-order valence-electron chi connectivity index (χ1n) is 10.6. The van der Waals surface area contributed by atoms with E-state index in [-0.39, 0.29) is 30.5 Å². The number of aryl methyl sites for hydroxylation is 1. The van der Waals surface area contributed by atoms with Gasteiger partial charge in [0.1, 0.15) is 12.3 Å². The highest BCUT2D eigenvalue weighted by atomic mass is 16.5. The molecule has 1 heterocycles. The van der Waals surface area contributed by atoms with E-state index in [1.54, 1.807) is 4.90 Å². The molecule has 164 valence electrons. The lowest BCUT2D eigenvalue weighted by molar-refractivity contribution is -0.136. The topological polar surface area (TPSA) is 68.5 Å². The molecule has 3 aromatic rings. The van der Waals surface area contributed by atoms with Crippen LogP contribution in [0.4, 0.5) is 0 Å². The zero-order valence-corrected chi connectivity index (χ0v) is 19.2. The second-order valence-electron chi connectivity index (χ2n) is 9.06. The summed E-state index contributed by atoms with van der Waals surface area (Å²) in [5, 5.41) is 4.07. The molecular weight excluding hydrogens is 390 g/mol. The molecule has 0 radical (unpaired) electrons. The maximum absolute atomic E-state index is 12.8. The van der Waals surface area contributed by atoms with Crippen molar-refractivity contribution in [3.8, 4) is 17.1 Å². The van der Waals surface area contributed by atoms with Gasteiger partial charge in [0.25, 0.3) is 5.91 Å². The summed E-state index contributed by atoms with van der Waals surface area (Å²) >= 11 is 0. The number of ether oxygens (including phenoxy) is 1. The van der Waals surface area contributed by atoms with E-state index in [4.69, 9.17) is 9.26 Å². The smallest absolute Gasteiger partial charge is 0.261 e. The molecule has 0 spiro atoms. The second-order valence-corrected chi connectivity index (χ2v) is 9.06. The Morgan fingerprint density at radius 2 is 1.84 bits per heavy atom. The fraction of sp³-hybridized carbons (Fsp3) is 0.400. The van der Waals surface area contributed by atoms with Crippen LogP contribution in [-0.2, 0) is 16.8 Å². The van der Waals surface area contributed by atoms with Gasteiger partial charge in [0.2, 0.25) is 11.7 Å². The quantitative estimate of drug-likeness (QED) is 0.527. The van der Waals surface area contributed by atoms with Crippen molar-refractivity contribution in [3.05, 3.63) is 65.5 Å². The fourth-order valence-electron chi connectivity index (χ4n) is 3.20. The molecule has 31 heavy (non-hydrogen) atoms. The molecule has 0 aliphatic rings. The minimum atomic E-state index is -0.134. The van der Waals surface area contributed by atoms with E-state index in [0.717, 1.165) is 11.1 Å². The Morgan fingerprint density at radius 1 is 1.13 bits per heavy atom. The third-order valence-electron chi connectivity index (χ3n) is 5.08. The Hall–Kier alpha value is -3.15. The Morgan fingerprint density at radius 3 is 2.45 bits per heavy atom. The molecule has 0 N–H and O–H groups in total. The summed E-state index contributed by atoms with van der Waals surface area (Å²) in [4.78, 5) is 19.0. The predicted molar refractivity (Wildman–Crippen MR) is 121 cm³/mol. The summed E-state index contributed by atoms with van der Waals surface area (Å²) in [6.45, 7) is 12.6. The van der Waals surface area contributed by atoms with E-state index in [9.17, 15) is 4.79 Å². The molecule has 0 saturated carbocycles. The second kappa shape index (κ2) is 9.33. The monoisotopic (exact) mass is 421 g/mol. The average Bonchev–Trinajstić information content (AvgIpc) is 3.18. The van der Waals surface area contributed by atoms with E-state index in [1.807, 2.05) is 69.3 Å². The van der Waals surface area contributed by atoms with Gasteiger partial charge in [-0.2, -0.15) is 4.98 Å². The largest absolute Gasteiger partial charge is 0.484 e. The Balaban J connectivity index is 1.63. The number of rotatable bonds is 7. The van der Waals surface area contributed by atoms with Crippen LogP contribution in [0.3, 0.4) is 0 Å². The molecule has 6 heteroatoms. The van der Waals surface area contributed by atoms with Gasteiger partial charge in [0.15, 0.2) is 6.61 Å². The molecule has 1 aromatic heterocycles. The molecule has 2 aromatic carbocycles.